The van der Waals surface area contributed by atoms with Crippen LogP contribution in [0.25, 0.3) is 10.6 Å². The van der Waals surface area contributed by atoms with Crippen LogP contribution in [0.5, 0.6) is 0 Å². The summed E-state index contributed by atoms with van der Waals surface area (Å²) in [5.41, 5.74) is 2.65. The van der Waals surface area contributed by atoms with Crippen LogP contribution in [-0.2, 0) is 17.8 Å². The number of nitrogens with one attached hydrogen (secondary N) is 2. The quantitative estimate of drug-likeness (QED) is 0.565. The number of aliphatic hydroxyl groups is 1. The number of thiazole rings is 1. The maximum atomic E-state index is 14.4. The zero-order valence-electron chi connectivity index (χ0n) is 16.4. The molecule has 0 saturated heterocycles. The van der Waals surface area contributed by atoms with E-state index in [-0.39, 0.29) is 17.5 Å². The molecule has 0 unspecified atom stereocenters. The number of pyridine rings is 1. The van der Waals surface area contributed by atoms with E-state index in [0.29, 0.717) is 41.0 Å². The zero-order chi connectivity index (χ0) is 21.3. The fourth-order valence-electron chi connectivity index (χ4n) is 3.22. The summed E-state index contributed by atoms with van der Waals surface area (Å²) in [6.45, 7) is 2.22. The van der Waals surface area contributed by atoms with Crippen LogP contribution < -0.4 is 10.6 Å². The van der Waals surface area contributed by atoms with Gasteiger partial charge in [0.05, 0.1) is 16.8 Å². The topological polar surface area (TPSA) is 116 Å². The van der Waals surface area contributed by atoms with Gasteiger partial charge in [0.2, 0.25) is 11.9 Å². The molecule has 4 heterocycles. The molecular weight excluding hydrogens is 409 g/mol. The van der Waals surface area contributed by atoms with Gasteiger partial charge in [0.1, 0.15) is 18.1 Å². The molecule has 0 aromatic carbocycles. The Morgan fingerprint density at radius 3 is 2.90 bits per heavy atom. The second kappa shape index (κ2) is 8.28. The average molecular weight is 429 g/mol. The Kier molecular flexibility index (Phi) is 5.55. The molecule has 0 fully saturated rings. The van der Waals surface area contributed by atoms with Crippen LogP contribution in [0.15, 0.2) is 18.3 Å². The van der Waals surface area contributed by atoms with Gasteiger partial charge in [-0.1, -0.05) is 17.4 Å². The number of amides is 1. The van der Waals surface area contributed by atoms with Crippen molar-refractivity contribution in [3.63, 3.8) is 0 Å². The number of carbonyl (C=O) groups is 1. The molecule has 0 radical (unpaired) electrons. The van der Waals surface area contributed by atoms with E-state index in [4.69, 9.17) is 5.11 Å². The summed E-state index contributed by atoms with van der Waals surface area (Å²) >= 11 is 1.32. The number of halogens is 1. The van der Waals surface area contributed by atoms with Gasteiger partial charge in [-0.2, -0.15) is 0 Å². The number of aromatic nitrogens is 4. The van der Waals surface area contributed by atoms with Crippen LogP contribution >= 0.6 is 11.3 Å². The lowest BCUT2D eigenvalue weighted by atomic mass is 10.1. The average Bonchev–Trinajstić information content (AvgIpc) is 3.14. The van der Waals surface area contributed by atoms with E-state index < -0.39 is 12.4 Å². The van der Waals surface area contributed by atoms with Crippen molar-refractivity contribution in [3.05, 3.63) is 41.1 Å². The highest BCUT2D eigenvalue weighted by Gasteiger charge is 2.21. The fraction of sp³-hybridized carbons (Fsp3) is 0.316. The molecule has 4 rings (SSSR count). The first kappa shape index (κ1) is 20.1. The molecule has 0 saturated carbocycles. The first-order valence-electron chi connectivity index (χ1n) is 9.31. The summed E-state index contributed by atoms with van der Waals surface area (Å²) < 4.78 is 14.4. The van der Waals surface area contributed by atoms with Crippen molar-refractivity contribution in [1.29, 1.82) is 0 Å². The maximum absolute atomic E-state index is 14.4. The third kappa shape index (κ3) is 3.94. The van der Waals surface area contributed by atoms with Gasteiger partial charge in [-0.25, -0.2) is 24.3 Å². The third-order valence-corrected chi connectivity index (χ3v) is 5.93. The first-order chi connectivity index (χ1) is 14.5. The van der Waals surface area contributed by atoms with Gasteiger partial charge in [0.15, 0.2) is 10.9 Å². The monoisotopic (exact) mass is 429 g/mol. The maximum Gasteiger partial charge on any atom is 0.248 e. The van der Waals surface area contributed by atoms with Crippen LogP contribution in [0.1, 0.15) is 17.0 Å². The van der Waals surface area contributed by atoms with E-state index in [1.807, 2.05) is 6.07 Å². The molecule has 3 N–H and O–H groups in total. The molecule has 0 aliphatic carbocycles. The smallest absolute Gasteiger partial charge is 0.248 e. The van der Waals surface area contributed by atoms with Gasteiger partial charge >= 0.3 is 0 Å². The molecule has 1 aliphatic heterocycles. The normalized spacial score (nSPS) is 13.1. The highest BCUT2D eigenvalue weighted by Crippen LogP contribution is 2.33. The minimum absolute atomic E-state index is 0.181. The Bertz CT molecular complexity index is 1100. The predicted molar refractivity (Wildman–Crippen MR) is 111 cm³/mol. The van der Waals surface area contributed by atoms with Gasteiger partial charge in [0.25, 0.3) is 0 Å². The van der Waals surface area contributed by atoms with Gasteiger partial charge in [-0.05, 0) is 18.6 Å². The summed E-state index contributed by atoms with van der Waals surface area (Å²) in [4.78, 5) is 31.2. The molecule has 11 heteroatoms. The van der Waals surface area contributed by atoms with Crippen molar-refractivity contribution in [2.45, 2.75) is 19.9 Å². The summed E-state index contributed by atoms with van der Waals surface area (Å²) in [7, 11) is 1.76. The van der Waals surface area contributed by atoms with Crippen molar-refractivity contribution in [3.8, 4) is 10.6 Å². The van der Waals surface area contributed by atoms with Crippen molar-refractivity contribution in [2.75, 3.05) is 30.8 Å². The number of aliphatic hydroxyl groups excluding tert-OH is 1. The van der Waals surface area contributed by atoms with E-state index in [9.17, 15) is 9.18 Å². The molecule has 3 aromatic heterocycles. The molecule has 0 spiro atoms. The standard InChI is InChI=1S/C19H20FN7O2S/c1-10-17(30-19(21-2)23-10)16-12(20)7-22-18(26-16)25-14-4-3-11-8-27(15(29)9-28)6-5-13(11)24-14/h3-4,7,28H,5-6,8-9H2,1-2H3,(H,21,23)(H,22,24,25,26). The Morgan fingerprint density at radius 2 is 2.17 bits per heavy atom. The molecule has 0 atom stereocenters. The molecule has 156 valence electrons. The lowest BCUT2D eigenvalue weighted by molar-refractivity contribution is -0.135. The number of anilines is 3. The molecular formula is C19H20FN7O2S. The Morgan fingerprint density at radius 1 is 1.33 bits per heavy atom. The number of hydrogen-bond donors (Lipinski definition) is 3. The largest absolute Gasteiger partial charge is 0.387 e. The van der Waals surface area contributed by atoms with Gasteiger partial charge in [0, 0.05) is 32.3 Å². The number of rotatable bonds is 5. The highest BCUT2D eigenvalue weighted by molar-refractivity contribution is 7.19. The second-order valence-electron chi connectivity index (χ2n) is 6.72. The van der Waals surface area contributed by atoms with Gasteiger partial charge < -0.3 is 20.6 Å². The van der Waals surface area contributed by atoms with Crippen LogP contribution in [0.2, 0.25) is 0 Å². The van der Waals surface area contributed by atoms with Crippen molar-refractivity contribution in [1.82, 2.24) is 24.8 Å². The molecule has 0 bridgehead atoms. The molecule has 1 amide bonds. The Labute approximate surface area is 176 Å². The summed E-state index contributed by atoms with van der Waals surface area (Å²) in [5.74, 6) is -0.0624. The minimum Gasteiger partial charge on any atom is -0.387 e. The number of hydrogen-bond acceptors (Lipinski definition) is 9. The third-order valence-electron chi connectivity index (χ3n) is 4.75. The summed E-state index contributed by atoms with van der Waals surface area (Å²) in [5, 5.41) is 15.7. The summed E-state index contributed by atoms with van der Waals surface area (Å²) in [6.07, 6.45) is 1.71. The zero-order valence-corrected chi connectivity index (χ0v) is 17.3. The van der Waals surface area contributed by atoms with Gasteiger partial charge in [-0.15, -0.1) is 0 Å². The highest BCUT2D eigenvalue weighted by atomic mass is 32.1. The SMILES string of the molecule is CNc1nc(C)c(-c2nc(Nc3ccc4c(n3)CCN(C(=O)CO)C4)ncc2F)s1. The molecule has 3 aromatic rings. The molecule has 9 nitrogen and oxygen atoms in total. The summed E-state index contributed by atoms with van der Waals surface area (Å²) in [6, 6.07) is 3.63. The van der Waals surface area contributed by atoms with Crippen LogP contribution in [-0.4, -0.2) is 56.0 Å². The lowest BCUT2D eigenvalue weighted by Gasteiger charge is -2.28. The van der Waals surface area contributed by atoms with Crippen LogP contribution in [0, 0.1) is 12.7 Å². The lowest BCUT2D eigenvalue weighted by Crippen LogP contribution is -2.37. The van der Waals surface area contributed by atoms with E-state index in [1.165, 1.54) is 11.3 Å². The Balaban J connectivity index is 1.57. The van der Waals surface area contributed by atoms with Crippen molar-refractivity contribution >= 4 is 34.1 Å². The van der Waals surface area contributed by atoms with E-state index >= 15 is 0 Å². The van der Waals surface area contributed by atoms with Gasteiger partial charge in [-0.3, -0.25) is 4.79 Å². The van der Waals surface area contributed by atoms with Crippen molar-refractivity contribution < 1.29 is 14.3 Å². The fourth-order valence-corrected chi connectivity index (χ4v) is 4.13. The van der Waals surface area contributed by atoms with Crippen LogP contribution in [0.4, 0.5) is 21.3 Å². The number of aryl methyl sites for hydroxylation is 1. The van der Waals surface area contributed by atoms with E-state index in [0.717, 1.165) is 17.5 Å². The molecule has 30 heavy (non-hydrogen) atoms. The first-order valence-corrected chi connectivity index (χ1v) is 10.1. The Hall–Kier alpha value is -3.18. The predicted octanol–water partition coefficient (Wildman–Crippen LogP) is 2.10. The number of nitrogens with zero attached hydrogens (tertiary/aromatic N) is 5. The van der Waals surface area contributed by atoms with Crippen molar-refractivity contribution in [2.24, 2.45) is 0 Å². The van der Waals surface area contributed by atoms with E-state index in [1.54, 1.807) is 24.9 Å². The molecule has 1 aliphatic rings. The number of fused-ring (bicyclic) bond motifs is 1. The number of carbonyl (C=O) groups excluding carboxylic acids is 1. The second-order valence-corrected chi connectivity index (χ2v) is 7.72. The minimum atomic E-state index is -0.526. The van der Waals surface area contributed by atoms with E-state index in [2.05, 4.69) is 30.6 Å². The van der Waals surface area contributed by atoms with Crippen LogP contribution in [0.3, 0.4) is 0 Å².